The number of pyridine rings is 1. The van der Waals surface area contributed by atoms with Crippen LogP contribution in [-0.2, 0) is 17.8 Å². The molecule has 0 bridgehead atoms. The van der Waals surface area contributed by atoms with Gasteiger partial charge in [0.05, 0.1) is 12.7 Å². The number of hydrogen-bond acceptors (Lipinski definition) is 5. The molecule has 0 fully saturated rings. The van der Waals surface area contributed by atoms with Crippen LogP contribution in [0.4, 0.5) is 0 Å². The molecule has 0 spiro atoms. The SMILES string of the molecule is O=C(Cc1ccc2c(c1)OCO2)NCCn1ccc2ccoc2c1=O. The highest BCUT2D eigenvalue weighted by Crippen LogP contribution is 2.32. The lowest BCUT2D eigenvalue weighted by Gasteiger charge is -2.08. The number of furan rings is 1. The van der Waals surface area contributed by atoms with Gasteiger partial charge in [0.15, 0.2) is 17.1 Å². The molecule has 0 radical (unpaired) electrons. The molecular weight excluding hydrogens is 324 g/mol. The predicted molar refractivity (Wildman–Crippen MR) is 89.8 cm³/mol. The second-order valence-electron chi connectivity index (χ2n) is 5.73. The first-order chi connectivity index (χ1) is 12.2. The molecule has 0 aliphatic carbocycles. The molecule has 0 atom stereocenters. The van der Waals surface area contributed by atoms with Gasteiger partial charge in [0.25, 0.3) is 5.56 Å². The number of amides is 1. The van der Waals surface area contributed by atoms with Crippen LogP contribution >= 0.6 is 0 Å². The molecule has 3 heterocycles. The van der Waals surface area contributed by atoms with Crippen molar-refractivity contribution in [2.24, 2.45) is 0 Å². The minimum absolute atomic E-state index is 0.119. The molecule has 1 aliphatic rings. The summed E-state index contributed by atoms with van der Waals surface area (Å²) < 4.78 is 17.3. The third-order valence-corrected chi connectivity index (χ3v) is 4.06. The molecule has 7 heteroatoms. The van der Waals surface area contributed by atoms with Crippen LogP contribution in [0, 0.1) is 0 Å². The Hall–Kier alpha value is -3.22. The molecule has 1 aliphatic heterocycles. The van der Waals surface area contributed by atoms with Crippen LogP contribution in [0.2, 0.25) is 0 Å². The Morgan fingerprint density at radius 1 is 1.16 bits per heavy atom. The molecule has 1 N–H and O–H groups in total. The van der Waals surface area contributed by atoms with Crippen molar-refractivity contribution in [1.29, 1.82) is 0 Å². The summed E-state index contributed by atoms with van der Waals surface area (Å²) in [6.07, 6.45) is 3.43. The lowest BCUT2D eigenvalue weighted by atomic mass is 10.1. The summed E-state index contributed by atoms with van der Waals surface area (Å²) in [6, 6.07) is 8.99. The van der Waals surface area contributed by atoms with Crippen LogP contribution in [0.5, 0.6) is 11.5 Å². The minimum atomic E-state index is -0.201. The van der Waals surface area contributed by atoms with Gasteiger partial charge in [-0.2, -0.15) is 0 Å². The zero-order valence-corrected chi connectivity index (χ0v) is 13.4. The van der Waals surface area contributed by atoms with Crippen molar-refractivity contribution >= 4 is 16.9 Å². The van der Waals surface area contributed by atoms with Crippen molar-refractivity contribution in [2.75, 3.05) is 13.3 Å². The number of nitrogens with zero attached hydrogens (tertiary/aromatic N) is 1. The molecule has 0 unspecified atom stereocenters. The van der Waals surface area contributed by atoms with Crippen LogP contribution < -0.4 is 20.3 Å². The van der Waals surface area contributed by atoms with Crippen LogP contribution in [-0.4, -0.2) is 23.8 Å². The summed E-state index contributed by atoms with van der Waals surface area (Å²) in [5.74, 6) is 1.23. The summed E-state index contributed by atoms with van der Waals surface area (Å²) >= 11 is 0. The van der Waals surface area contributed by atoms with Crippen LogP contribution in [0.25, 0.3) is 11.0 Å². The van der Waals surface area contributed by atoms with Gasteiger partial charge in [0, 0.05) is 24.7 Å². The zero-order valence-electron chi connectivity index (χ0n) is 13.4. The number of hydrogen-bond donors (Lipinski definition) is 1. The minimum Gasteiger partial charge on any atom is -0.459 e. The summed E-state index contributed by atoms with van der Waals surface area (Å²) in [7, 11) is 0. The molecule has 3 aromatic rings. The number of rotatable bonds is 5. The molecule has 1 amide bonds. The molecule has 128 valence electrons. The van der Waals surface area contributed by atoms with Crippen LogP contribution in [0.1, 0.15) is 5.56 Å². The highest BCUT2D eigenvalue weighted by atomic mass is 16.7. The first-order valence-electron chi connectivity index (χ1n) is 7.92. The fourth-order valence-corrected chi connectivity index (χ4v) is 2.78. The average Bonchev–Trinajstić information content (AvgIpc) is 3.25. The lowest BCUT2D eigenvalue weighted by Crippen LogP contribution is -2.31. The first kappa shape index (κ1) is 15.3. The molecule has 7 nitrogen and oxygen atoms in total. The number of carbonyl (C=O) groups is 1. The number of aromatic nitrogens is 1. The maximum atomic E-state index is 12.2. The van der Waals surface area contributed by atoms with Crippen molar-refractivity contribution in [3.8, 4) is 11.5 Å². The number of nitrogens with one attached hydrogen (secondary N) is 1. The quantitative estimate of drug-likeness (QED) is 0.764. The van der Waals surface area contributed by atoms with E-state index in [0.29, 0.717) is 30.2 Å². The second-order valence-corrected chi connectivity index (χ2v) is 5.73. The van der Waals surface area contributed by atoms with Crippen LogP contribution in [0.3, 0.4) is 0 Å². The van der Waals surface area contributed by atoms with Crippen molar-refractivity contribution in [3.63, 3.8) is 0 Å². The topological polar surface area (TPSA) is 82.7 Å². The van der Waals surface area contributed by atoms with E-state index in [2.05, 4.69) is 5.32 Å². The van der Waals surface area contributed by atoms with E-state index in [0.717, 1.165) is 10.9 Å². The Kier molecular flexibility index (Phi) is 3.89. The molecule has 1 aromatic carbocycles. The van der Waals surface area contributed by atoms with Crippen molar-refractivity contribution in [1.82, 2.24) is 9.88 Å². The van der Waals surface area contributed by atoms with Crippen molar-refractivity contribution < 1.29 is 18.7 Å². The Morgan fingerprint density at radius 3 is 2.96 bits per heavy atom. The Morgan fingerprint density at radius 2 is 2.04 bits per heavy atom. The Labute approximate surface area is 142 Å². The average molecular weight is 340 g/mol. The van der Waals surface area contributed by atoms with E-state index in [1.807, 2.05) is 12.1 Å². The van der Waals surface area contributed by atoms with Crippen LogP contribution in [0.15, 0.2) is 52.0 Å². The number of benzene rings is 1. The molecule has 4 rings (SSSR count). The number of ether oxygens (including phenoxy) is 2. The molecule has 25 heavy (non-hydrogen) atoms. The van der Waals surface area contributed by atoms with Gasteiger partial charge in [0.2, 0.25) is 12.7 Å². The molecule has 2 aromatic heterocycles. The summed E-state index contributed by atoms with van der Waals surface area (Å²) in [6.45, 7) is 0.942. The van der Waals surface area contributed by atoms with E-state index >= 15 is 0 Å². The Balaban J connectivity index is 1.34. The highest BCUT2D eigenvalue weighted by Gasteiger charge is 2.14. The molecule has 0 saturated heterocycles. The van der Waals surface area contributed by atoms with E-state index in [4.69, 9.17) is 13.9 Å². The third kappa shape index (κ3) is 3.08. The van der Waals surface area contributed by atoms with E-state index in [9.17, 15) is 9.59 Å². The van der Waals surface area contributed by atoms with Gasteiger partial charge < -0.3 is 23.8 Å². The standard InChI is InChI=1S/C18H16N2O5/c21-16(10-12-1-2-14-15(9-12)25-11-24-14)19-5-7-20-6-3-13-4-8-23-17(13)18(20)22/h1-4,6,8-9H,5,7,10-11H2,(H,19,21). The number of carbonyl (C=O) groups excluding carboxylic acids is 1. The molecule has 0 saturated carbocycles. The zero-order chi connectivity index (χ0) is 17.2. The smallest absolute Gasteiger partial charge is 0.294 e. The van der Waals surface area contributed by atoms with E-state index in [1.54, 1.807) is 24.4 Å². The van der Waals surface area contributed by atoms with Gasteiger partial charge in [0.1, 0.15) is 0 Å². The van der Waals surface area contributed by atoms with Gasteiger partial charge in [-0.15, -0.1) is 0 Å². The van der Waals surface area contributed by atoms with Gasteiger partial charge >= 0.3 is 0 Å². The van der Waals surface area contributed by atoms with Gasteiger partial charge in [-0.25, -0.2) is 0 Å². The fraction of sp³-hybridized carbons (Fsp3) is 0.222. The summed E-state index contributed by atoms with van der Waals surface area (Å²) in [5, 5.41) is 3.59. The fourth-order valence-electron chi connectivity index (χ4n) is 2.78. The largest absolute Gasteiger partial charge is 0.459 e. The monoisotopic (exact) mass is 340 g/mol. The van der Waals surface area contributed by atoms with Gasteiger partial charge in [-0.1, -0.05) is 6.07 Å². The van der Waals surface area contributed by atoms with Gasteiger partial charge in [-0.05, 0) is 29.8 Å². The molecular formula is C18H16N2O5. The maximum absolute atomic E-state index is 12.2. The second kappa shape index (κ2) is 6.35. The van der Waals surface area contributed by atoms with Crippen molar-refractivity contribution in [3.05, 3.63) is 58.7 Å². The maximum Gasteiger partial charge on any atom is 0.294 e. The van der Waals surface area contributed by atoms with Gasteiger partial charge in [-0.3, -0.25) is 9.59 Å². The van der Waals surface area contributed by atoms with E-state index < -0.39 is 0 Å². The van der Waals surface area contributed by atoms with E-state index in [-0.39, 0.29) is 24.7 Å². The lowest BCUT2D eigenvalue weighted by molar-refractivity contribution is -0.120. The highest BCUT2D eigenvalue weighted by molar-refractivity contribution is 5.79. The third-order valence-electron chi connectivity index (χ3n) is 4.06. The summed E-state index contributed by atoms with van der Waals surface area (Å²) in [4.78, 5) is 24.3. The predicted octanol–water partition coefficient (Wildman–Crippen LogP) is 1.68. The summed E-state index contributed by atoms with van der Waals surface area (Å²) in [5.41, 5.74) is 0.970. The normalized spacial score (nSPS) is 12.5. The van der Waals surface area contributed by atoms with Crippen molar-refractivity contribution in [2.45, 2.75) is 13.0 Å². The number of fused-ring (bicyclic) bond motifs is 2. The van der Waals surface area contributed by atoms with E-state index in [1.165, 1.54) is 10.8 Å². The first-order valence-corrected chi connectivity index (χ1v) is 7.92. The Bertz CT molecular complexity index is 989.